The SMILES string of the molecule is O=C(CNC(=O)c1cccn1Cc1cccs1)c1ccccc1. The minimum Gasteiger partial charge on any atom is -0.343 e. The number of hydrogen-bond donors (Lipinski definition) is 1. The van der Waals surface area contributed by atoms with Gasteiger partial charge >= 0.3 is 0 Å². The summed E-state index contributed by atoms with van der Waals surface area (Å²) < 4.78 is 1.88. The van der Waals surface area contributed by atoms with Gasteiger partial charge < -0.3 is 9.88 Å². The summed E-state index contributed by atoms with van der Waals surface area (Å²) in [5.41, 5.74) is 1.15. The number of nitrogens with zero attached hydrogens (tertiary/aromatic N) is 1. The van der Waals surface area contributed by atoms with E-state index in [1.54, 1.807) is 41.7 Å². The average Bonchev–Trinajstić information content (AvgIpc) is 3.25. The first-order valence-electron chi connectivity index (χ1n) is 7.28. The molecule has 0 saturated carbocycles. The van der Waals surface area contributed by atoms with Gasteiger partial charge in [0, 0.05) is 16.6 Å². The van der Waals surface area contributed by atoms with Gasteiger partial charge in [-0.2, -0.15) is 0 Å². The van der Waals surface area contributed by atoms with E-state index < -0.39 is 0 Å². The molecule has 0 spiro atoms. The minimum atomic E-state index is -0.240. The van der Waals surface area contributed by atoms with Gasteiger partial charge in [-0.05, 0) is 23.6 Å². The van der Waals surface area contributed by atoms with Crippen LogP contribution >= 0.6 is 11.3 Å². The standard InChI is InChI=1S/C18H16N2O2S/c21-17(14-6-2-1-3-7-14)12-19-18(22)16-9-4-10-20(16)13-15-8-5-11-23-15/h1-11H,12-13H2,(H,19,22). The molecule has 0 saturated heterocycles. The summed E-state index contributed by atoms with van der Waals surface area (Å²) in [6.45, 7) is 0.646. The molecule has 1 amide bonds. The Morgan fingerprint density at radius 1 is 1.00 bits per heavy atom. The number of ketones is 1. The van der Waals surface area contributed by atoms with E-state index in [0.717, 1.165) is 0 Å². The zero-order chi connectivity index (χ0) is 16.1. The lowest BCUT2D eigenvalue weighted by atomic mass is 10.1. The second-order valence-electron chi connectivity index (χ2n) is 5.07. The molecule has 5 heteroatoms. The highest BCUT2D eigenvalue weighted by molar-refractivity contribution is 7.09. The number of Topliss-reactive ketones (excluding diaryl/α,β-unsaturated/α-hetero) is 1. The number of aromatic nitrogens is 1. The van der Waals surface area contributed by atoms with Crippen molar-refractivity contribution < 1.29 is 9.59 Å². The largest absolute Gasteiger partial charge is 0.343 e. The van der Waals surface area contributed by atoms with Crippen LogP contribution in [-0.2, 0) is 6.54 Å². The van der Waals surface area contributed by atoms with E-state index in [2.05, 4.69) is 5.32 Å². The molecule has 2 aromatic heterocycles. The lowest BCUT2D eigenvalue weighted by Crippen LogP contribution is -2.31. The van der Waals surface area contributed by atoms with Gasteiger partial charge in [-0.3, -0.25) is 9.59 Å². The van der Waals surface area contributed by atoms with E-state index in [9.17, 15) is 9.59 Å². The molecule has 2 heterocycles. The summed E-state index contributed by atoms with van der Waals surface area (Å²) in [5, 5.41) is 4.71. The number of thiophene rings is 1. The number of carbonyl (C=O) groups excluding carboxylic acids is 2. The van der Waals surface area contributed by atoms with E-state index in [1.807, 2.05) is 40.4 Å². The molecule has 4 nitrogen and oxygen atoms in total. The maximum Gasteiger partial charge on any atom is 0.268 e. The van der Waals surface area contributed by atoms with Gasteiger partial charge in [-0.15, -0.1) is 11.3 Å². The Morgan fingerprint density at radius 2 is 1.83 bits per heavy atom. The second kappa shape index (κ2) is 7.07. The summed E-state index contributed by atoms with van der Waals surface area (Å²) >= 11 is 1.65. The van der Waals surface area contributed by atoms with Crippen LogP contribution in [0.15, 0.2) is 66.2 Å². The van der Waals surface area contributed by atoms with Crippen LogP contribution in [0, 0.1) is 0 Å². The molecule has 0 bridgehead atoms. The van der Waals surface area contributed by atoms with Crippen LogP contribution < -0.4 is 5.32 Å². The number of hydrogen-bond acceptors (Lipinski definition) is 3. The predicted octanol–water partition coefficient (Wildman–Crippen LogP) is 3.21. The third kappa shape index (κ3) is 3.76. The Labute approximate surface area is 138 Å². The van der Waals surface area contributed by atoms with Crippen molar-refractivity contribution in [3.05, 3.63) is 82.3 Å². The summed E-state index contributed by atoms with van der Waals surface area (Å²) in [5.74, 6) is -0.342. The van der Waals surface area contributed by atoms with Gasteiger partial charge in [0.05, 0.1) is 13.1 Å². The van der Waals surface area contributed by atoms with Gasteiger partial charge in [0.2, 0.25) is 0 Å². The van der Waals surface area contributed by atoms with Crippen molar-refractivity contribution >= 4 is 23.0 Å². The van der Waals surface area contributed by atoms with Crippen LogP contribution in [0.5, 0.6) is 0 Å². The lowest BCUT2D eigenvalue weighted by molar-refractivity contribution is 0.0898. The molecule has 0 aliphatic rings. The van der Waals surface area contributed by atoms with Crippen LogP contribution in [0.1, 0.15) is 25.7 Å². The van der Waals surface area contributed by atoms with Crippen molar-refractivity contribution in [3.63, 3.8) is 0 Å². The van der Waals surface area contributed by atoms with Gasteiger partial charge in [-0.1, -0.05) is 36.4 Å². The van der Waals surface area contributed by atoms with E-state index in [1.165, 1.54) is 4.88 Å². The molecule has 3 rings (SSSR count). The molecule has 0 radical (unpaired) electrons. The third-order valence-electron chi connectivity index (χ3n) is 3.47. The topological polar surface area (TPSA) is 51.1 Å². The normalized spacial score (nSPS) is 10.4. The summed E-state index contributed by atoms with van der Waals surface area (Å²) in [7, 11) is 0. The van der Waals surface area contributed by atoms with E-state index in [-0.39, 0.29) is 18.2 Å². The monoisotopic (exact) mass is 324 g/mol. The first-order chi connectivity index (χ1) is 11.2. The molecule has 0 unspecified atom stereocenters. The quantitative estimate of drug-likeness (QED) is 0.708. The smallest absolute Gasteiger partial charge is 0.268 e. The number of carbonyl (C=O) groups is 2. The highest BCUT2D eigenvalue weighted by atomic mass is 32.1. The van der Waals surface area contributed by atoms with E-state index >= 15 is 0 Å². The van der Waals surface area contributed by atoms with Crippen molar-refractivity contribution in [1.29, 1.82) is 0 Å². The summed E-state index contributed by atoms with van der Waals surface area (Å²) in [6.07, 6.45) is 1.87. The molecule has 1 aromatic carbocycles. The molecule has 0 atom stereocenters. The van der Waals surface area contributed by atoms with Crippen molar-refractivity contribution in [3.8, 4) is 0 Å². The van der Waals surface area contributed by atoms with Crippen LogP contribution in [-0.4, -0.2) is 22.8 Å². The maximum absolute atomic E-state index is 12.3. The molecule has 0 fully saturated rings. The minimum absolute atomic E-state index is 0.00692. The Bertz CT molecular complexity index is 792. The molecular weight excluding hydrogens is 308 g/mol. The van der Waals surface area contributed by atoms with Crippen LogP contribution in [0.4, 0.5) is 0 Å². The van der Waals surface area contributed by atoms with Gasteiger partial charge in [0.15, 0.2) is 5.78 Å². The van der Waals surface area contributed by atoms with E-state index in [0.29, 0.717) is 17.8 Å². The third-order valence-corrected chi connectivity index (χ3v) is 4.33. The molecule has 0 aliphatic heterocycles. The zero-order valence-electron chi connectivity index (χ0n) is 12.4. The van der Waals surface area contributed by atoms with Crippen molar-refractivity contribution in [2.45, 2.75) is 6.54 Å². The Balaban J connectivity index is 1.63. The molecule has 3 aromatic rings. The molecular formula is C18H16N2O2S. The highest BCUT2D eigenvalue weighted by Gasteiger charge is 2.13. The molecule has 116 valence electrons. The number of nitrogens with one attached hydrogen (secondary N) is 1. The first-order valence-corrected chi connectivity index (χ1v) is 8.16. The van der Waals surface area contributed by atoms with Crippen LogP contribution in [0.2, 0.25) is 0 Å². The van der Waals surface area contributed by atoms with Gasteiger partial charge in [-0.25, -0.2) is 0 Å². The fraction of sp³-hybridized carbons (Fsp3) is 0.111. The summed E-state index contributed by atoms with van der Waals surface area (Å²) in [6, 6.07) is 16.6. The zero-order valence-corrected chi connectivity index (χ0v) is 13.3. The van der Waals surface area contributed by atoms with Crippen LogP contribution in [0.25, 0.3) is 0 Å². The van der Waals surface area contributed by atoms with E-state index in [4.69, 9.17) is 0 Å². The maximum atomic E-state index is 12.3. The first kappa shape index (κ1) is 15.2. The Morgan fingerprint density at radius 3 is 2.57 bits per heavy atom. The average molecular weight is 324 g/mol. The fourth-order valence-corrected chi connectivity index (χ4v) is 3.01. The van der Waals surface area contributed by atoms with Crippen molar-refractivity contribution in [2.75, 3.05) is 6.54 Å². The molecule has 0 aliphatic carbocycles. The second-order valence-corrected chi connectivity index (χ2v) is 6.10. The van der Waals surface area contributed by atoms with Gasteiger partial charge in [0.1, 0.15) is 5.69 Å². The molecule has 23 heavy (non-hydrogen) atoms. The summed E-state index contributed by atoms with van der Waals surface area (Å²) in [4.78, 5) is 25.5. The van der Waals surface area contributed by atoms with Crippen LogP contribution in [0.3, 0.4) is 0 Å². The highest BCUT2D eigenvalue weighted by Crippen LogP contribution is 2.13. The number of rotatable bonds is 6. The number of benzene rings is 1. The Kier molecular flexibility index (Phi) is 4.68. The number of amides is 1. The predicted molar refractivity (Wildman–Crippen MR) is 91.0 cm³/mol. The van der Waals surface area contributed by atoms with Crippen molar-refractivity contribution in [2.24, 2.45) is 0 Å². The Hall–Kier alpha value is -2.66. The van der Waals surface area contributed by atoms with Crippen molar-refractivity contribution in [1.82, 2.24) is 9.88 Å². The fourth-order valence-electron chi connectivity index (χ4n) is 2.31. The molecule has 1 N–H and O–H groups in total. The van der Waals surface area contributed by atoms with Gasteiger partial charge in [0.25, 0.3) is 5.91 Å². The lowest BCUT2D eigenvalue weighted by Gasteiger charge is -2.09.